The zero-order chi connectivity index (χ0) is 13.5. The number of rotatable bonds is 5. The molecule has 0 spiro atoms. The molecule has 0 radical (unpaired) electrons. The molecule has 0 aliphatic rings. The smallest absolute Gasteiger partial charge is 0.191 e. The highest BCUT2D eigenvalue weighted by Gasteiger charge is 2.09. The summed E-state index contributed by atoms with van der Waals surface area (Å²) in [6.07, 6.45) is 1.07. The van der Waals surface area contributed by atoms with Crippen molar-refractivity contribution in [1.82, 2.24) is 15.8 Å². The van der Waals surface area contributed by atoms with E-state index in [-0.39, 0.29) is 0 Å². The molecular weight excluding hydrogens is 228 g/mol. The van der Waals surface area contributed by atoms with Gasteiger partial charge in [0.15, 0.2) is 5.96 Å². The van der Waals surface area contributed by atoms with Crippen LogP contribution in [0.15, 0.2) is 9.52 Å². The van der Waals surface area contributed by atoms with Crippen LogP contribution in [0.4, 0.5) is 0 Å². The Morgan fingerprint density at radius 2 is 2.11 bits per heavy atom. The maximum atomic E-state index is 5.13. The molecule has 1 unspecified atom stereocenters. The van der Waals surface area contributed by atoms with Gasteiger partial charge in [0, 0.05) is 18.2 Å². The van der Waals surface area contributed by atoms with E-state index in [0.717, 1.165) is 35.9 Å². The lowest BCUT2D eigenvalue weighted by Gasteiger charge is -2.16. The lowest BCUT2D eigenvalue weighted by molar-refractivity contribution is 0.392. The molecule has 1 atom stereocenters. The van der Waals surface area contributed by atoms with E-state index in [1.807, 2.05) is 13.8 Å². The van der Waals surface area contributed by atoms with E-state index in [0.29, 0.717) is 12.6 Å². The maximum Gasteiger partial charge on any atom is 0.191 e. The normalized spacial score (nSPS) is 13.5. The molecule has 18 heavy (non-hydrogen) atoms. The Kier molecular flexibility index (Phi) is 5.68. The molecule has 0 saturated heterocycles. The average Bonchev–Trinajstić information content (AvgIpc) is 2.66. The van der Waals surface area contributed by atoms with E-state index in [1.54, 1.807) is 0 Å². The van der Waals surface area contributed by atoms with E-state index >= 15 is 0 Å². The van der Waals surface area contributed by atoms with Crippen molar-refractivity contribution in [3.05, 3.63) is 17.0 Å². The maximum absolute atomic E-state index is 5.13. The predicted octanol–water partition coefficient (Wildman–Crippen LogP) is 2.15. The van der Waals surface area contributed by atoms with Crippen molar-refractivity contribution in [1.29, 1.82) is 0 Å². The van der Waals surface area contributed by atoms with Gasteiger partial charge in [0.05, 0.1) is 12.2 Å². The van der Waals surface area contributed by atoms with E-state index in [9.17, 15) is 0 Å². The minimum Gasteiger partial charge on any atom is -0.361 e. The van der Waals surface area contributed by atoms with Gasteiger partial charge in [-0.2, -0.15) is 0 Å². The third-order valence-corrected chi connectivity index (χ3v) is 2.92. The van der Waals surface area contributed by atoms with Crippen molar-refractivity contribution in [3.63, 3.8) is 0 Å². The highest BCUT2D eigenvalue weighted by molar-refractivity contribution is 5.80. The molecule has 0 amide bonds. The summed E-state index contributed by atoms with van der Waals surface area (Å²) in [5.41, 5.74) is 1.98. The van der Waals surface area contributed by atoms with Crippen molar-refractivity contribution in [2.75, 3.05) is 6.54 Å². The molecule has 1 rings (SSSR count). The Labute approximate surface area is 109 Å². The quantitative estimate of drug-likeness (QED) is 0.622. The molecule has 0 fully saturated rings. The third-order valence-electron chi connectivity index (χ3n) is 2.92. The Morgan fingerprint density at radius 1 is 1.39 bits per heavy atom. The standard InChI is InChI=1S/C13H24N4O/c1-6-9(3)16-13(14-7-2)15-8-12-10(4)17-18-11(12)5/h9H,6-8H2,1-5H3,(H2,14,15,16). The molecular formula is C13H24N4O. The summed E-state index contributed by atoms with van der Waals surface area (Å²) in [5.74, 6) is 1.68. The summed E-state index contributed by atoms with van der Waals surface area (Å²) in [4.78, 5) is 4.56. The van der Waals surface area contributed by atoms with Crippen LogP contribution in [0, 0.1) is 13.8 Å². The summed E-state index contributed by atoms with van der Waals surface area (Å²) < 4.78 is 5.13. The number of aromatic nitrogens is 1. The van der Waals surface area contributed by atoms with Gasteiger partial charge in [-0.15, -0.1) is 0 Å². The zero-order valence-corrected chi connectivity index (χ0v) is 12.0. The number of aliphatic imine (C=N–C) groups is 1. The third kappa shape index (κ3) is 4.05. The fourth-order valence-corrected chi connectivity index (χ4v) is 1.54. The number of guanidine groups is 1. The van der Waals surface area contributed by atoms with Crippen molar-refractivity contribution in [3.8, 4) is 0 Å². The van der Waals surface area contributed by atoms with Crippen LogP contribution < -0.4 is 10.6 Å². The van der Waals surface area contributed by atoms with Gasteiger partial charge in [0.1, 0.15) is 5.76 Å². The van der Waals surface area contributed by atoms with E-state index < -0.39 is 0 Å². The molecule has 0 bridgehead atoms. The first kappa shape index (κ1) is 14.5. The molecule has 5 heteroatoms. The summed E-state index contributed by atoms with van der Waals surface area (Å²) in [7, 11) is 0. The molecule has 2 N–H and O–H groups in total. The second kappa shape index (κ2) is 7.03. The highest BCUT2D eigenvalue weighted by Crippen LogP contribution is 2.12. The van der Waals surface area contributed by atoms with Crippen molar-refractivity contribution in [2.24, 2.45) is 4.99 Å². The zero-order valence-electron chi connectivity index (χ0n) is 12.0. The van der Waals surface area contributed by atoms with Crippen LogP contribution in [0.25, 0.3) is 0 Å². The Morgan fingerprint density at radius 3 is 2.61 bits per heavy atom. The molecule has 1 aromatic rings. The second-order valence-corrected chi connectivity index (χ2v) is 4.45. The first-order valence-electron chi connectivity index (χ1n) is 6.55. The van der Waals surface area contributed by atoms with Gasteiger partial charge in [-0.1, -0.05) is 12.1 Å². The molecule has 0 saturated carbocycles. The molecule has 102 valence electrons. The van der Waals surface area contributed by atoms with Gasteiger partial charge < -0.3 is 15.2 Å². The van der Waals surface area contributed by atoms with Crippen molar-refractivity contribution < 1.29 is 4.52 Å². The Bertz CT molecular complexity index is 378. The lowest BCUT2D eigenvalue weighted by Crippen LogP contribution is -2.41. The van der Waals surface area contributed by atoms with Crippen LogP contribution in [0.2, 0.25) is 0 Å². The molecule has 1 aromatic heterocycles. The van der Waals surface area contributed by atoms with Crippen LogP contribution in [-0.4, -0.2) is 23.7 Å². The topological polar surface area (TPSA) is 62.5 Å². The van der Waals surface area contributed by atoms with Crippen LogP contribution in [0.1, 0.15) is 44.2 Å². The SMILES string of the molecule is CCNC(=NCc1c(C)noc1C)NC(C)CC. The van der Waals surface area contributed by atoms with Gasteiger partial charge in [-0.05, 0) is 34.1 Å². The lowest BCUT2D eigenvalue weighted by atomic mass is 10.2. The van der Waals surface area contributed by atoms with Gasteiger partial charge in [-0.25, -0.2) is 4.99 Å². The van der Waals surface area contributed by atoms with Crippen LogP contribution >= 0.6 is 0 Å². The molecule has 0 aliphatic carbocycles. The van der Waals surface area contributed by atoms with E-state index in [2.05, 4.69) is 41.6 Å². The number of nitrogens with one attached hydrogen (secondary N) is 2. The first-order chi connectivity index (χ1) is 8.58. The summed E-state index contributed by atoms with van der Waals surface area (Å²) >= 11 is 0. The van der Waals surface area contributed by atoms with Gasteiger partial charge in [0.25, 0.3) is 0 Å². The van der Waals surface area contributed by atoms with E-state index in [4.69, 9.17) is 4.52 Å². The number of hydrogen-bond acceptors (Lipinski definition) is 3. The molecule has 0 aromatic carbocycles. The monoisotopic (exact) mass is 252 g/mol. The predicted molar refractivity (Wildman–Crippen MR) is 73.7 cm³/mol. The van der Waals surface area contributed by atoms with Crippen LogP contribution in [-0.2, 0) is 6.54 Å². The van der Waals surface area contributed by atoms with E-state index in [1.165, 1.54) is 0 Å². The fraction of sp³-hybridized carbons (Fsp3) is 0.692. The fourth-order valence-electron chi connectivity index (χ4n) is 1.54. The number of hydrogen-bond donors (Lipinski definition) is 2. The summed E-state index contributed by atoms with van der Waals surface area (Å²) in [5, 5.41) is 10.5. The van der Waals surface area contributed by atoms with Gasteiger partial charge in [-0.3, -0.25) is 0 Å². The Hall–Kier alpha value is -1.52. The molecule has 1 heterocycles. The van der Waals surface area contributed by atoms with Gasteiger partial charge >= 0.3 is 0 Å². The van der Waals surface area contributed by atoms with Crippen LogP contribution in [0.5, 0.6) is 0 Å². The molecule has 0 aliphatic heterocycles. The van der Waals surface area contributed by atoms with Crippen LogP contribution in [0.3, 0.4) is 0 Å². The molecule has 5 nitrogen and oxygen atoms in total. The van der Waals surface area contributed by atoms with Gasteiger partial charge in [0.2, 0.25) is 0 Å². The number of aryl methyl sites for hydroxylation is 2. The van der Waals surface area contributed by atoms with Crippen molar-refractivity contribution in [2.45, 2.75) is 53.6 Å². The minimum absolute atomic E-state index is 0.410. The summed E-state index contributed by atoms with van der Waals surface area (Å²) in [6, 6.07) is 0.410. The first-order valence-corrected chi connectivity index (χ1v) is 6.55. The highest BCUT2D eigenvalue weighted by atomic mass is 16.5. The second-order valence-electron chi connectivity index (χ2n) is 4.45. The Balaban J connectivity index is 2.71. The minimum atomic E-state index is 0.410. The number of nitrogens with zero attached hydrogens (tertiary/aromatic N) is 2. The largest absolute Gasteiger partial charge is 0.361 e. The van der Waals surface area contributed by atoms with Crippen molar-refractivity contribution >= 4 is 5.96 Å². The average molecular weight is 252 g/mol. The summed E-state index contributed by atoms with van der Waals surface area (Å²) in [6.45, 7) is 11.6.